The Kier molecular flexibility index (Phi) is 4.63. The van der Waals surface area contributed by atoms with Crippen molar-refractivity contribution in [1.29, 1.82) is 0 Å². The van der Waals surface area contributed by atoms with E-state index in [1.807, 2.05) is 18.2 Å². The van der Waals surface area contributed by atoms with Gasteiger partial charge in [0, 0.05) is 20.0 Å². The lowest BCUT2D eigenvalue weighted by molar-refractivity contribution is -0.128. The zero-order valence-corrected chi connectivity index (χ0v) is 11.2. The number of likely N-dealkylation sites (N-methyl/N-ethyl adjacent to an activating group) is 1. The molecule has 1 aliphatic rings. The molecule has 1 aromatic rings. The molecular formula is C14H20N2O3. The van der Waals surface area contributed by atoms with Crippen molar-refractivity contribution >= 4 is 5.91 Å². The molecular weight excluding hydrogens is 244 g/mol. The average molecular weight is 264 g/mol. The third kappa shape index (κ3) is 3.61. The number of carbonyl (C=O) groups excluding carboxylic acids is 1. The summed E-state index contributed by atoms with van der Waals surface area (Å²) in [5, 5.41) is 0. The molecule has 0 aromatic heterocycles. The quantitative estimate of drug-likeness (QED) is 0.874. The zero-order chi connectivity index (χ0) is 13.7. The smallest absolute Gasteiger partial charge is 0.236 e. The molecule has 2 N–H and O–H groups in total. The first-order chi connectivity index (χ1) is 9.20. The largest absolute Gasteiger partial charge is 0.490 e. The molecule has 0 saturated heterocycles. The van der Waals surface area contributed by atoms with Gasteiger partial charge in [0.25, 0.3) is 0 Å². The number of benzene rings is 1. The lowest BCUT2D eigenvalue weighted by Crippen LogP contribution is -2.34. The minimum Gasteiger partial charge on any atom is -0.490 e. The van der Waals surface area contributed by atoms with E-state index < -0.39 is 0 Å². The molecule has 0 radical (unpaired) electrons. The Hall–Kier alpha value is -1.75. The van der Waals surface area contributed by atoms with E-state index in [0.717, 1.165) is 29.9 Å². The second-order valence-electron chi connectivity index (χ2n) is 4.60. The molecule has 5 nitrogen and oxygen atoms in total. The van der Waals surface area contributed by atoms with Crippen molar-refractivity contribution in [3.8, 4) is 11.5 Å². The minimum absolute atomic E-state index is 0.0469. The van der Waals surface area contributed by atoms with Crippen LogP contribution >= 0.6 is 0 Å². The first kappa shape index (κ1) is 13.7. The molecule has 0 fully saturated rings. The summed E-state index contributed by atoms with van der Waals surface area (Å²) in [6, 6.07) is 5.93. The third-order valence-electron chi connectivity index (χ3n) is 3.15. The molecule has 5 heteroatoms. The van der Waals surface area contributed by atoms with Crippen LogP contribution in [0.1, 0.15) is 12.0 Å². The highest BCUT2D eigenvalue weighted by atomic mass is 16.5. The van der Waals surface area contributed by atoms with Gasteiger partial charge < -0.3 is 20.1 Å². The van der Waals surface area contributed by atoms with Crippen molar-refractivity contribution in [3.05, 3.63) is 23.8 Å². The summed E-state index contributed by atoms with van der Waals surface area (Å²) in [7, 11) is 1.76. The molecule has 2 rings (SSSR count). The Bertz CT molecular complexity index is 448. The van der Waals surface area contributed by atoms with Crippen molar-refractivity contribution in [1.82, 2.24) is 4.90 Å². The maximum Gasteiger partial charge on any atom is 0.236 e. The summed E-state index contributed by atoms with van der Waals surface area (Å²) < 4.78 is 11.2. The second kappa shape index (κ2) is 6.43. The maximum atomic E-state index is 11.4. The Morgan fingerprint density at radius 1 is 1.32 bits per heavy atom. The van der Waals surface area contributed by atoms with Gasteiger partial charge in [-0.25, -0.2) is 0 Å². The summed E-state index contributed by atoms with van der Waals surface area (Å²) in [5.74, 6) is 1.55. The normalized spacial score (nSPS) is 13.8. The van der Waals surface area contributed by atoms with Crippen LogP contribution < -0.4 is 15.2 Å². The molecule has 19 heavy (non-hydrogen) atoms. The van der Waals surface area contributed by atoms with Gasteiger partial charge >= 0.3 is 0 Å². The molecule has 1 aromatic carbocycles. The van der Waals surface area contributed by atoms with Crippen LogP contribution in [0.3, 0.4) is 0 Å². The van der Waals surface area contributed by atoms with Crippen LogP contribution in [0.5, 0.6) is 11.5 Å². The fourth-order valence-electron chi connectivity index (χ4n) is 1.94. The predicted octanol–water partition coefficient (Wildman–Crippen LogP) is 0.807. The van der Waals surface area contributed by atoms with Gasteiger partial charge in [-0.1, -0.05) is 6.07 Å². The standard InChI is InChI=1S/C14H20N2O3/c1-16(14(17)10-15)6-5-11-3-4-12-13(9-11)19-8-2-7-18-12/h3-4,9H,2,5-8,10,15H2,1H3. The van der Waals surface area contributed by atoms with E-state index >= 15 is 0 Å². The highest BCUT2D eigenvalue weighted by Gasteiger charge is 2.11. The average Bonchev–Trinajstić information content (AvgIpc) is 2.68. The van der Waals surface area contributed by atoms with Gasteiger partial charge in [0.05, 0.1) is 19.8 Å². The molecule has 0 unspecified atom stereocenters. The van der Waals surface area contributed by atoms with Gasteiger partial charge in [0.1, 0.15) is 0 Å². The highest BCUT2D eigenvalue weighted by molar-refractivity contribution is 5.77. The second-order valence-corrected chi connectivity index (χ2v) is 4.60. The van der Waals surface area contributed by atoms with E-state index in [2.05, 4.69) is 0 Å². The van der Waals surface area contributed by atoms with E-state index in [4.69, 9.17) is 15.2 Å². The molecule has 1 heterocycles. The third-order valence-corrected chi connectivity index (χ3v) is 3.15. The lowest BCUT2D eigenvalue weighted by Gasteiger charge is -2.16. The van der Waals surface area contributed by atoms with Crippen LogP contribution in [0.25, 0.3) is 0 Å². The lowest BCUT2D eigenvalue weighted by atomic mass is 10.1. The molecule has 1 amide bonds. The van der Waals surface area contributed by atoms with Gasteiger partial charge in [0.15, 0.2) is 11.5 Å². The topological polar surface area (TPSA) is 64.8 Å². The van der Waals surface area contributed by atoms with E-state index in [0.29, 0.717) is 19.8 Å². The van der Waals surface area contributed by atoms with E-state index in [9.17, 15) is 4.79 Å². The van der Waals surface area contributed by atoms with Crippen molar-refractivity contribution < 1.29 is 14.3 Å². The fourth-order valence-corrected chi connectivity index (χ4v) is 1.94. The fraction of sp³-hybridized carbons (Fsp3) is 0.500. The molecule has 0 spiro atoms. The number of ether oxygens (including phenoxy) is 2. The SMILES string of the molecule is CN(CCc1ccc2c(c1)OCCCO2)C(=O)CN. The number of fused-ring (bicyclic) bond motifs is 1. The summed E-state index contributed by atoms with van der Waals surface area (Å²) in [5.41, 5.74) is 6.45. The zero-order valence-electron chi connectivity index (χ0n) is 11.2. The number of hydrogen-bond acceptors (Lipinski definition) is 4. The van der Waals surface area contributed by atoms with Crippen LogP contribution in [-0.4, -0.2) is 44.2 Å². The summed E-state index contributed by atoms with van der Waals surface area (Å²) in [6.45, 7) is 2.08. The monoisotopic (exact) mass is 264 g/mol. The van der Waals surface area contributed by atoms with Crippen molar-refractivity contribution in [2.75, 3.05) is 33.4 Å². The summed E-state index contributed by atoms with van der Waals surface area (Å²) in [4.78, 5) is 13.0. The Morgan fingerprint density at radius 3 is 2.79 bits per heavy atom. The number of amides is 1. The van der Waals surface area contributed by atoms with Crippen LogP contribution in [0.15, 0.2) is 18.2 Å². The Labute approximate surface area is 113 Å². The number of rotatable bonds is 4. The number of carbonyl (C=O) groups is 1. The van der Waals surface area contributed by atoms with E-state index in [1.54, 1.807) is 11.9 Å². The van der Waals surface area contributed by atoms with Gasteiger partial charge in [-0.15, -0.1) is 0 Å². The van der Waals surface area contributed by atoms with Gasteiger partial charge in [-0.05, 0) is 24.1 Å². The maximum absolute atomic E-state index is 11.4. The van der Waals surface area contributed by atoms with Crippen LogP contribution in [0, 0.1) is 0 Å². The van der Waals surface area contributed by atoms with E-state index in [-0.39, 0.29) is 12.5 Å². The van der Waals surface area contributed by atoms with Crippen molar-refractivity contribution in [2.45, 2.75) is 12.8 Å². The molecule has 0 saturated carbocycles. The van der Waals surface area contributed by atoms with Crippen LogP contribution in [0.2, 0.25) is 0 Å². The van der Waals surface area contributed by atoms with Gasteiger partial charge in [-0.2, -0.15) is 0 Å². The first-order valence-electron chi connectivity index (χ1n) is 6.53. The molecule has 0 atom stereocenters. The number of hydrogen-bond donors (Lipinski definition) is 1. The first-order valence-corrected chi connectivity index (χ1v) is 6.53. The molecule has 0 aliphatic carbocycles. The van der Waals surface area contributed by atoms with Crippen LogP contribution in [-0.2, 0) is 11.2 Å². The Balaban J connectivity index is 1.98. The number of nitrogens with zero attached hydrogens (tertiary/aromatic N) is 1. The Morgan fingerprint density at radius 2 is 2.05 bits per heavy atom. The van der Waals surface area contributed by atoms with Gasteiger partial charge in [-0.3, -0.25) is 4.79 Å². The van der Waals surface area contributed by atoms with Crippen molar-refractivity contribution in [2.24, 2.45) is 5.73 Å². The molecule has 0 bridgehead atoms. The van der Waals surface area contributed by atoms with Crippen LogP contribution in [0.4, 0.5) is 0 Å². The predicted molar refractivity (Wildman–Crippen MR) is 72.4 cm³/mol. The molecule has 1 aliphatic heterocycles. The minimum atomic E-state index is -0.0469. The summed E-state index contributed by atoms with van der Waals surface area (Å²) in [6.07, 6.45) is 1.68. The highest BCUT2D eigenvalue weighted by Crippen LogP contribution is 2.30. The number of nitrogens with two attached hydrogens (primary N) is 1. The van der Waals surface area contributed by atoms with E-state index in [1.165, 1.54) is 0 Å². The molecule has 104 valence electrons. The van der Waals surface area contributed by atoms with Gasteiger partial charge in [0.2, 0.25) is 5.91 Å². The summed E-state index contributed by atoms with van der Waals surface area (Å²) >= 11 is 0. The van der Waals surface area contributed by atoms with Crippen molar-refractivity contribution in [3.63, 3.8) is 0 Å².